The third-order valence-corrected chi connectivity index (χ3v) is 4.06. The molecule has 0 radical (unpaired) electrons. The van der Waals surface area contributed by atoms with Gasteiger partial charge >= 0.3 is 0 Å². The molecule has 0 aliphatic carbocycles. The maximum Gasteiger partial charge on any atom is 0.112 e. The van der Waals surface area contributed by atoms with Crippen LogP contribution in [0.2, 0.25) is 0 Å². The topological polar surface area (TPSA) is 55.0 Å². The Morgan fingerprint density at radius 1 is 1.50 bits per heavy atom. The third-order valence-electron chi connectivity index (χ3n) is 3.23. The first-order chi connectivity index (χ1) is 9.52. The number of rotatable bonds is 5. The molecule has 0 bridgehead atoms. The summed E-state index contributed by atoms with van der Waals surface area (Å²) in [7, 11) is 0. The van der Waals surface area contributed by atoms with Crippen molar-refractivity contribution in [1.82, 2.24) is 9.97 Å². The second-order valence-electron chi connectivity index (χ2n) is 4.69. The van der Waals surface area contributed by atoms with Crippen molar-refractivity contribution in [3.8, 4) is 0 Å². The second kappa shape index (κ2) is 6.45. The average Bonchev–Trinajstić information content (AvgIpc) is 2.43. The van der Waals surface area contributed by atoms with E-state index in [1.807, 2.05) is 19.1 Å². The van der Waals surface area contributed by atoms with Crippen LogP contribution in [0.25, 0.3) is 11.0 Å². The molecular weight excluding hydrogens is 336 g/mol. The first-order valence-corrected chi connectivity index (χ1v) is 7.67. The molecule has 0 spiro atoms. The van der Waals surface area contributed by atoms with Gasteiger partial charge in [0.1, 0.15) is 5.52 Å². The summed E-state index contributed by atoms with van der Waals surface area (Å²) in [4.78, 5) is 11.6. The van der Waals surface area contributed by atoms with E-state index in [9.17, 15) is 0 Å². The predicted molar refractivity (Wildman–Crippen MR) is 91.1 cm³/mol. The molecule has 1 unspecified atom stereocenters. The van der Waals surface area contributed by atoms with E-state index in [1.165, 1.54) is 0 Å². The molecule has 0 aromatic carbocycles. The summed E-state index contributed by atoms with van der Waals surface area (Å²) in [5.74, 6) is 0.156. The standard InChI is InChI=1S/C14H17BrN4S/c1-3-19(8-9(2)14(16)20)12-4-5-17-11-6-10(15)7-18-13(11)12/h4-7,9H,3,8H2,1-2H3,(H2,16,20). The van der Waals surface area contributed by atoms with Gasteiger partial charge in [0, 0.05) is 35.9 Å². The maximum absolute atomic E-state index is 5.72. The summed E-state index contributed by atoms with van der Waals surface area (Å²) >= 11 is 8.49. The number of hydrogen-bond donors (Lipinski definition) is 1. The fraction of sp³-hybridized carbons (Fsp3) is 0.357. The van der Waals surface area contributed by atoms with Gasteiger partial charge in [-0.2, -0.15) is 0 Å². The fourth-order valence-corrected chi connectivity index (χ4v) is 2.46. The highest BCUT2D eigenvalue weighted by atomic mass is 79.9. The van der Waals surface area contributed by atoms with E-state index < -0.39 is 0 Å². The number of aromatic nitrogens is 2. The molecule has 0 saturated heterocycles. The minimum atomic E-state index is 0.156. The van der Waals surface area contributed by atoms with Crippen LogP contribution < -0.4 is 10.6 Å². The highest BCUT2D eigenvalue weighted by molar-refractivity contribution is 9.10. The minimum absolute atomic E-state index is 0.156. The minimum Gasteiger partial charge on any atom is -0.393 e. The molecule has 2 aromatic heterocycles. The zero-order valence-electron chi connectivity index (χ0n) is 11.5. The number of pyridine rings is 2. The molecule has 2 aromatic rings. The SMILES string of the molecule is CCN(CC(C)C(N)=S)c1ccnc2cc(Br)cnc12. The predicted octanol–water partition coefficient (Wildman–Crippen LogP) is 3.14. The zero-order chi connectivity index (χ0) is 14.7. The van der Waals surface area contributed by atoms with Crippen LogP contribution in [-0.2, 0) is 0 Å². The van der Waals surface area contributed by atoms with Crippen molar-refractivity contribution in [1.29, 1.82) is 0 Å². The number of halogens is 1. The molecule has 2 N–H and O–H groups in total. The lowest BCUT2D eigenvalue weighted by Gasteiger charge is -2.26. The number of thiocarbonyl (C=S) groups is 1. The lowest BCUT2D eigenvalue weighted by molar-refractivity contribution is 0.709. The highest BCUT2D eigenvalue weighted by Crippen LogP contribution is 2.25. The van der Waals surface area contributed by atoms with Gasteiger partial charge in [0.05, 0.1) is 16.2 Å². The molecule has 2 rings (SSSR count). The molecule has 0 aliphatic heterocycles. The molecule has 0 amide bonds. The number of fused-ring (bicyclic) bond motifs is 1. The van der Waals surface area contributed by atoms with E-state index in [0.717, 1.165) is 34.3 Å². The second-order valence-corrected chi connectivity index (χ2v) is 6.08. The Kier molecular flexibility index (Phi) is 4.88. The van der Waals surface area contributed by atoms with Gasteiger partial charge in [0.2, 0.25) is 0 Å². The molecule has 0 saturated carbocycles. The molecule has 20 heavy (non-hydrogen) atoms. The summed E-state index contributed by atoms with van der Waals surface area (Å²) < 4.78 is 0.925. The summed E-state index contributed by atoms with van der Waals surface area (Å²) in [6, 6.07) is 3.95. The van der Waals surface area contributed by atoms with Gasteiger partial charge < -0.3 is 10.6 Å². The van der Waals surface area contributed by atoms with Gasteiger partial charge in [-0.3, -0.25) is 9.97 Å². The van der Waals surface area contributed by atoms with Crippen molar-refractivity contribution >= 4 is 49.9 Å². The van der Waals surface area contributed by atoms with Crippen molar-refractivity contribution in [2.75, 3.05) is 18.0 Å². The molecule has 6 heteroatoms. The van der Waals surface area contributed by atoms with Gasteiger partial charge in [-0.15, -0.1) is 0 Å². The van der Waals surface area contributed by atoms with E-state index in [4.69, 9.17) is 18.0 Å². The van der Waals surface area contributed by atoms with Crippen molar-refractivity contribution in [3.05, 3.63) is 29.0 Å². The van der Waals surface area contributed by atoms with Crippen LogP contribution in [0.15, 0.2) is 29.0 Å². The largest absolute Gasteiger partial charge is 0.393 e. The fourth-order valence-electron chi connectivity index (χ4n) is 2.06. The lowest BCUT2D eigenvalue weighted by atomic mass is 10.1. The van der Waals surface area contributed by atoms with Crippen LogP contribution in [0.3, 0.4) is 0 Å². The Hall–Kier alpha value is -1.27. The van der Waals surface area contributed by atoms with Crippen molar-refractivity contribution in [3.63, 3.8) is 0 Å². The Morgan fingerprint density at radius 2 is 2.25 bits per heavy atom. The maximum atomic E-state index is 5.72. The van der Waals surface area contributed by atoms with Gasteiger partial charge in [0.25, 0.3) is 0 Å². The van der Waals surface area contributed by atoms with Gasteiger partial charge in [-0.25, -0.2) is 0 Å². The number of nitrogens with two attached hydrogens (primary N) is 1. The van der Waals surface area contributed by atoms with Gasteiger partial charge in [-0.05, 0) is 35.0 Å². The Labute approximate surface area is 132 Å². The number of nitrogens with zero attached hydrogens (tertiary/aromatic N) is 3. The molecule has 1 atom stereocenters. The average molecular weight is 353 g/mol. The molecule has 0 aliphatic rings. The van der Waals surface area contributed by atoms with E-state index in [-0.39, 0.29) is 5.92 Å². The summed E-state index contributed by atoms with van der Waals surface area (Å²) in [6.07, 6.45) is 3.60. The van der Waals surface area contributed by atoms with Crippen LogP contribution >= 0.6 is 28.1 Å². The van der Waals surface area contributed by atoms with E-state index in [0.29, 0.717) is 4.99 Å². The quantitative estimate of drug-likeness (QED) is 0.837. The Bertz CT molecular complexity index is 632. The first kappa shape index (κ1) is 15.1. The van der Waals surface area contributed by atoms with Crippen LogP contribution in [0, 0.1) is 5.92 Å². The van der Waals surface area contributed by atoms with Gasteiger partial charge in [-0.1, -0.05) is 19.1 Å². The monoisotopic (exact) mass is 352 g/mol. The normalized spacial score (nSPS) is 12.3. The molecule has 106 valence electrons. The van der Waals surface area contributed by atoms with Crippen LogP contribution in [-0.4, -0.2) is 28.0 Å². The summed E-state index contributed by atoms with van der Waals surface area (Å²) in [6.45, 7) is 5.79. The molecule has 4 nitrogen and oxygen atoms in total. The summed E-state index contributed by atoms with van der Waals surface area (Å²) in [5.41, 5.74) is 8.55. The molecule has 0 fully saturated rings. The third kappa shape index (κ3) is 3.24. The van der Waals surface area contributed by atoms with Crippen molar-refractivity contribution in [2.24, 2.45) is 11.7 Å². The lowest BCUT2D eigenvalue weighted by Crippen LogP contribution is -2.34. The zero-order valence-corrected chi connectivity index (χ0v) is 13.9. The number of anilines is 1. The van der Waals surface area contributed by atoms with Crippen LogP contribution in [0.5, 0.6) is 0 Å². The Morgan fingerprint density at radius 3 is 2.90 bits per heavy atom. The molecule has 2 heterocycles. The van der Waals surface area contributed by atoms with Crippen LogP contribution in [0.4, 0.5) is 5.69 Å². The Balaban J connectivity index is 2.41. The van der Waals surface area contributed by atoms with Gasteiger partial charge in [0.15, 0.2) is 0 Å². The molecular formula is C14H17BrN4S. The highest BCUT2D eigenvalue weighted by Gasteiger charge is 2.15. The number of hydrogen-bond acceptors (Lipinski definition) is 4. The first-order valence-electron chi connectivity index (χ1n) is 6.47. The van der Waals surface area contributed by atoms with E-state index >= 15 is 0 Å². The van der Waals surface area contributed by atoms with Crippen LogP contribution in [0.1, 0.15) is 13.8 Å². The smallest absolute Gasteiger partial charge is 0.112 e. The van der Waals surface area contributed by atoms with E-state index in [2.05, 4.69) is 37.7 Å². The van der Waals surface area contributed by atoms with E-state index in [1.54, 1.807) is 12.4 Å². The summed E-state index contributed by atoms with van der Waals surface area (Å²) in [5, 5.41) is 0. The van der Waals surface area contributed by atoms with Crippen molar-refractivity contribution < 1.29 is 0 Å². The van der Waals surface area contributed by atoms with Crippen molar-refractivity contribution in [2.45, 2.75) is 13.8 Å².